The molecule has 132 valence electrons. The molecular formula is C19H28FN3O. The Labute approximate surface area is 143 Å². The van der Waals surface area contributed by atoms with Crippen LogP contribution in [0, 0.1) is 11.2 Å². The van der Waals surface area contributed by atoms with Gasteiger partial charge in [0.2, 0.25) is 5.91 Å². The molecular weight excluding hydrogens is 305 g/mol. The SMILES string of the molecule is O=C(CCNC1CCC2(CCNCC2)CC1)Nc1ccc(F)cc1. The number of halogens is 1. The van der Waals surface area contributed by atoms with Crippen LogP contribution in [0.1, 0.15) is 44.9 Å². The first kappa shape index (κ1) is 17.4. The molecule has 1 saturated carbocycles. The topological polar surface area (TPSA) is 53.2 Å². The van der Waals surface area contributed by atoms with Gasteiger partial charge in [0.25, 0.3) is 0 Å². The molecule has 1 spiro atoms. The Hall–Kier alpha value is -1.46. The van der Waals surface area contributed by atoms with Gasteiger partial charge in [-0.1, -0.05) is 0 Å². The molecule has 2 aliphatic rings. The summed E-state index contributed by atoms with van der Waals surface area (Å²) < 4.78 is 12.8. The van der Waals surface area contributed by atoms with Gasteiger partial charge in [-0.05, 0) is 81.3 Å². The van der Waals surface area contributed by atoms with Crippen molar-refractivity contribution in [2.75, 3.05) is 25.0 Å². The van der Waals surface area contributed by atoms with Gasteiger partial charge in [0.05, 0.1) is 0 Å². The van der Waals surface area contributed by atoms with Gasteiger partial charge in [0, 0.05) is 24.7 Å². The molecule has 1 amide bonds. The first-order valence-corrected chi connectivity index (χ1v) is 9.15. The Morgan fingerprint density at radius 3 is 2.46 bits per heavy atom. The van der Waals surface area contributed by atoms with Gasteiger partial charge in [0.15, 0.2) is 0 Å². The van der Waals surface area contributed by atoms with Crippen molar-refractivity contribution in [2.45, 2.75) is 51.0 Å². The molecule has 24 heavy (non-hydrogen) atoms. The predicted molar refractivity (Wildman–Crippen MR) is 94.4 cm³/mol. The minimum Gasteiger partial charge on any atom is -0.326 e. The van der Waals surface area contributed by atoms with Crippen LogP contribution in [0.15, 0.2) is 24.3 Å². The van der Waals surface area contributed by atoms with Gasteiger partial charge in [-0.2, -0.15) is 0 Å². The fraction of sp³-hybridized carbons (Fsp3) is 0.632. The van der Waals surface area contributed by atoms with Crippen molar-refractivity contribution < 1.29 is 9.18 Å². The van der Waals surface area contributed by atoms with Gasteiger partial charge in [0.1, 0.15) is 5.82 Å². The van der Waals surface area contributed by atoms with Crippen molar-refractivity contribution in [3.63, 3.8) is 0 Å². The Kier molecular flexibility index (Phi) is 5.85. The molecule has 3 N–H and O–H groups in total. The number of anilines is 1. The van der Waals surface area contributed by atoms with Crippen molar-refractivity contribution >= 4 is 11.6 Å². The first-order valence-electron chi connectivity index (χ1n) is 9.15. The standard InChI is InChI=1S/C19H28FN3O/c20-15-1-3-17(4-2-15)23-18(24)7-12-22-16-5-8-19(9-6-16)10-13-21-14-11-19/h1-4,16,21-22H,5-14H2,(H,23,24). The molecule has 1 heterocycles. The number of amides is 1. The van der Waals surface area contributed by atoms with Crippen LogP contribution in [0.5, 0.6) is 0 Å². The van der Waals surface area contributed by atoms with E-state index in [4.69, 9.17) is 0 Å². The normalized spacial score (nSPS) is 20.9. The smallest absolute Gasteiger partial charge is 0.225 e. The van der Waals surface area contributed by atoms with Gasteiger partial charge in [-0.15, -0.1) is 0 Å². The quantitative estimate of drug-likeness (QED) is 0.776. The fourth-order valence-corrected chi connectivity index (χ4v) is 4.04. The number of hydrogen-bond donors (Lipinski definition) is 3. The predicted octanol–water partition coefficient (Wildman–Crippen LogP) is 3.06. The van der Waals surface area contributed by atoms with E-state index in [9.17, 15) is 9.18 Å². The third-order valence-electron chi connectivity index (χ3n) is 5.62. The average molecular weight is 333 g/mol. The second-order valence-corrected chi connectivity index (χ2v) is 7.28. The van der Waals surface area contributed by atoms with Crippen LogP contribution < -0.4 is 16.0 Å². The number of rotatable bonds is 5. The van der Waals surface area contributed by atoms with Crippen molar-refractivity contribution in [1.82, 2.24) is 10.6 Å². The lowest BCUT2D eigenvalue weighted by Gasteiger charge is -2.43. The van der Waals surface area contributed by atoms with Crippen molar-refractivity contribution in [3.05, 3.63) is 30.1 Å². The van der Waals surface area contributed by atoms with Crippen LogP contribution in [0.4, 0.5) is 10.1 Å². The zero-order chi connectivity index (χ0) is 16.8. The van der Waals surface area contributed by atoms with E-state index in [0.717, 1.165) is 0 Å². The molecule has 3 rings (SSSR count). The summed E-state index contributed by atoms with van der Waals surface area (Å²) in [6, 6.07) is 6.42. The molecule has 1 aliphatic heterocycles. The summed E-state index contributed by atoms with van der Waals surface area (Å²) in [5, 5.41) is 9.79. The highest BCUT2D eigenvalue weighted by atomic mass is 19.1. The third-order valence-corrected chi connectivity index (χ3v) is 5.62. The van der Waals surface area contributed by atoms with E-state index in [2.05, 4.69) is 16.0 Å². The van der Waals surface area contributed by atoms with Crippen molar-refractivity contribution in [1.29, 1.82) is 0 Å². The molecule has 4 nitrogen and oxygen atoms in total. The van der Waals surface area contributed by atoms with Crippen LogP contribution in [0.2, 0.25) is 0 Å². The second-order valence-electron chi connectivity index (χ2n) is 7.28. The number of nitrogens with one attached hydrogen (secondary N) is 3. The summed E-state index contributed by atoms with van der Waals surface area (Å²) in [5.41, 5.74) is 1.23. The monoisotopic (exact) mass is 333 g/mol. The summed E-state index contributed by atoms with van der Waals surface area (Å²) in [7, 11) is 0. The maximum Gasteiger partial charge on any atom is 0.225 e. The highest BCUT2D eigenvalue weighted by molar-refractivity contribution is 5.90. The van der Waals surface area contributed by atoms with Gasteiger partial charge >= 0.3 is 0 Å². The van der Waals surface area contributed by atoms with E-state index in [-0.39, 0.29) is 11.7 Å². The maximum atomic E-state index is 12.8. The van der Waals surface area contributed by atoms with Crippen molar-refractivity contribution in [2.24, 2.45) is 5.41 Å². The molecule has 1 aromatic rings. The van der Waals surface area contributed by atoms with E-state index >= 15 is 0 Å². The zero-order valence-electron chi connectivity index (χ0n) is 14.2. The highest BCUT2D eigenvalue weighted by Crippen LogP contribution is 2.43. The molecule has 1 aliphatic carbocycles. The van der Waals surface area contributed by atoms with E-state index in [1.54, 1.807) is 12.1 Å². The number of benzene rings is 1. The third kappa shape index (κ3) is 4.77. The van der Waals surface area contributed by atoms with Crippen LogP contribution in [-0.2, 0) is 4.79 Å². The molecule has 0 unspecified atom stereocenters. The second kappa shape index (κ2) is 8.08. The van der Waals surface area contributed by atoms with E-state index in [0.29, 0.717) is 30.1 Å². The molecule has 2 fully saturated rings. The highest BCUT2D eigenvalue weighted by Gasteiger charge is 2.35. The Balaban J connectivity index is 1.33. The van der Waals surface area contributed by atoms with E-state index < -0.39 is 0 Å². The molecule has 0 atom stereocenters. The number of piperidine rings is 1. The molecule has 0 radical (unpaired) electrons. The Morgan fingerprint density at radius 1 is 1.12 bits per heavy atom. The van der Waals surface area contributed by atoms with Gasteiger partial charge in [-0.25, -0.2) is 4.39 Å². The maximum absolute atomic E-state index is 12.8. The molecule has 5 heteroatoms. The van der Waals surface area contributed by atoms with Crippen LogP contribution in [0.3, 0.4) is 0 Å². The Bertz CT molecular complexity index is 530. The number of carbonyl (C=O) groups excluding carboxylic acids is 1. The summed E-state index contributed by atoms with van der Waals surface area (Å²) in [5.74, 6) is -0.321. The summed E-state index contributed by atoms with van der Waals surface area (Å²) >= 11 is 0. The van der Waals surface area contributed by atoms with Gasteiger partial charge < -0.3 is 16.0 Å². The lowest BCUT2D eigenvalue weighted by atomic mass is 9.67. The Morgan fingerprint density at radius 2 is 1.79 bits per heavy atom. The largest absolute Gasteiger partial charge is 0.326 e. The average Bonchev–Trinajstić information content (AvgIpc) is 2.60. The lowest BCUT2D eigenvalue weighted by Crippen LogP contribution is -2.43. The van der Waals surface area contributed by atoms with Crippen molar-refractivity contribution in [3.8, 4) is 0 Å². The molecule has 1 saturated heterocycles. The first-order chi connectivity index (χ1) is 11.7. The van der Waals surface area contributed by atoms with Crippen LogP contribution >= 0.6 is 0 Å². The summed E-state index contributed by atoms with van der Waals surface area (Å²) in [4.78, 5) is 11.9. The fourth-order valence-electron chi connectivity index (χ4n) is 4.04. The minimum atomic E-state index is -0.293. The van der Waals surface area contributed by atoms with Crippen LogP contribution in [-0.4, -0.2) is 31.6 Å². The lowest BCUT2D eigenvalue weighted by molar-refractivity contribution is -0.116. The zero-order valence-corrected chi connectivity index (χ0v) is 14.2. The van der Waals surface area contributed by atoms with E-state index in [1.807, 2.05) is 0 Å². The molecule has 0 aromatic heterocycles. The van der Waals surface area contributed by atoms with Crippen LogP contribution in [0.25, 0.3) is 0 Å². The van der Waals surface area contributed by atoms with Gasteiger partial charge in [-0.3, -0.25) is 4.79 Å². The minimum absolute atomic E-state index is 0.0280. The van der Waals surface area contributed by atoms with E-state index in [1.165, 1.54) is 63.7 Å². The summed E-state index contributed by atoms with van der Waals surface area (Å²) in [6.07, 6.45) is 8.16. The molecule has 1 aromatic carbocycles. The number of carbonyl (C=O) groups is 1. The summed E-state index contributed by atoms with van der Waals surface area (Å²) in [6.45, 7) is 3.04. The number of hydrogen-bond acceptors (Lipinski definition) is 3. The molecule has 0 bridgehead atoms.